The Balaban J connectivity index is 2.19. The van der Waals surface area contributed by atoms with E-state index in [9.17, 15) is 8.42 Å². The van der Waals surface area contributed by atoms with Crippen LogP contribution in [-0.4, -0.2) is 8.42 Å². The molecule has 0 bridgehead atoms. The molecule has 2 rings (SSSR count). The first-order valence-electron chi connectivity index (χ1n) is 5.89. The van der Waals surface area contributed by atoms with Crippen molar-refractivity contribution in [2.75, 3.05) is 5.32 Å². The summed E-state index contributed by atoms with van der Waals surface area (Å²) in [5.74, 6) is -0.0877. The summed E-state index contributed by atoms with van der Waals surface area (Å²) in [5.41, 5.74) is 0.587. The molecule has 1 N–H and O–H groups in total. The van der Waals surface area contributed by atoms with Gasteiger partial charge < -0.3 is 9.73 Å². The topological polar surface area (TPSA) is 83.1 Å². The molecule has 108 valence electrons. The van der Waals surface area contributed by atoms with Crippen LogP contribution in [0.1, 0.15) is 5.76 Å². The van der Waals surface area contributed by atoms with Gasteiger partial charge in [0.05, 0.1) is 6.26 Å². The normalized spacial score (nSPS) is 11.9. The van der Waals surface area contributed by atoms with Gasteiger partial charge in [-0.15, -0.1) is 0 Å². The molecule has 1 heterocycles. The van der Waals surface area contributed by atoms with E-state index in [1.807, 2.05) is 0 Å². The van der Waals surface area contributed by atoms with Crippen LogP contribution in [-0.2, 0) is 15.6 Å². The molecule has 0 atom stereocenters. The van der Waals surface area contributed by atoms with Gasteiger partial charge >= 0.3 is 0 Å². The summed E-state index contributed by atoms with van der Waals surface area (Å²) in [6.07, 6.45) is 2.52. The number of sulfone groups is 1. The van der Waals surface area contributed by atoms with Crippen LogP contribution in [0.15, 0.2) is 58.2 Å². The number of halogens is 1. The van der Waals surface area contributed by atoms with E-state index in [1.54, 1.807) is 36.4 Å². The molecule has 0 aliphatic carbocycles. The molecule has 5 nitrogen and oxygen atoms in total. The van der Waals surface area contributed by atoms with Crippen molar-refractivity contribution in [3.05, 3.63) is 64.5 Å². The summed E-state index contributed by atoms with van der Waals surface area (Å²) in [6.45, 7) is 0. The number of benzene rings is 1. The van der Waals surface area contributed by atoms with E-state index in [4.69, 9.17) is 21.3 Å². The quantitative estimate of drug-likeness (QED) is 0.854. The first kappa shape index (κ1) is 15.2. The lowest BCUT2D eigenvalue weighted by Gasteiger charge is -2.03. The van der Waals surface area contributed by atoms with Crippen molar-refractivity contribution in [1.82, 2.24) is 0 Å². The number of allylic oxidation sites excluding steroid dienone is 1. The molecule has 0 saturated heterocycles. The van der Waals surface area contributed by atoms with Crippen molar-refractivity contribution in [3.63, 3.8) is 0 Å². The van der Waals surface area contributed by atoms with Gasteiger partial charge in [-0.1, -0.05) is 17.7 Å². The zero-order chi connectivity index (χ0) is 15.3. The molecule has 0 aliphatic heterocycles. The van der Waals surface area contributed by atoms with Gasteiger partial charge in [-0.2, -0.15) is 5.26 Å². The van der Waals surface area contributed by atoms with Crippen molar-refractivity contribution in [2.45, 2.75) is 5.75 Å². The lowest BCUT2D eigenvalue weighted by Crippen LogP contribution is -2.07. The maximum absolute atomic E-state index is 12.1. The van der Waals surface area contributed by atoms with Crippen LogP contribution in [0.2, 0.25) is 5.02 Å². The molecule has 1 aromatic carbocycles. The van der Waals surface area contributed by atoms with Crippen LogP contribution in [0.25, 0.3) is 0 Å². The lowest BCUT2D eigenvalue weighted by molar-refractivity contribution is 0.522. The third-order valence-corrected chi connectivity index (χ3v) is 4.33. The van der Waals surface area contributed by atoms with Crippen LogP contribution in [0.4, 0.5) is 5.69 Å². The summed E-state index contributed by atoms with van der Waals surface area (Å²) in [6, 6.07) is 11.5. The number of hydrogen-bond acceptors (Lipinski definition) is 5. The molecule has 0 aliphatic rings. The van der Waals surface area contributed by atoms with Crippen LogP contribution in [0.5, 0.6) is 0 Å². The van der Waals surface area contributed by atoms with E-state index in [-0.39, 0.29) is 16.4 Å². The number of hydrogen-bond donors (Lipinski definition) is 1. The van der Waals surface area contributed by atoms with Gasteiger partial charge in [-0.3, -0.25) is 0 Å². The Labute approximate surface area is 127 Å². The van der Waals surface area contributed by atoms with Crippen LogP contribution in [0, 0.1) is 11.3 Å². The zero-order valence-electron chi connectivity index (χ0n) is 10.8. The molecule has 0 amide bonds. The van der Waals surface area contributed by atoms with Gasteiger partial charge in [0.2, 0.25) is 0 Å². The Morgan fingerprint density at radius 3 is 2.81 bits per heavy atom. The highest BCUT2D eigenvalue weighted by atomic mass is 35.5. The Morgan fingerprint density at radius 2 is 2.19 bits per heavy atom. The van der Waals surface area contributed by atoms with Gasteiger partial charge in [0.25, 0.3) is 0 Å². The second-order valence-electron chi connectivity index (χ2n) is 4.11. The summed E-state index contributed by atoms with van der Waals surface area (Å²) in [7, 11) is -3.76. The standard InChI is InChI=1S/C14H11ClN2O3S/c15-11-3-1-4-12(7-11)17-9-14(8-16)21(18,19)10-13-5-2-6-20-13/h1-7,9,17H,10H2/b14-9+. The van der Waals surface area contributed by atoms with Crippen molar-refractivity contribution in [1.29, 1.82) is 5.26 Å². The largest absolute Gasteiger partial charge is 0.468 e. The van der Waals surface area contributed by atoms with Gasteiger partial charge in [0.15, 0.2) is 14.7 Å². The monoisotopic (exact) mass is 322 g/mol. The SMILES string of the molecule is N#C/C(=C\Nc1cccc(Cl)c1)S(=O)(=O)Cc1ccco1. The predicted molar refractivity (Wildman–Crippen MR) is 80.1 cm³/mol. The van der Waals surface area contributed by atoms with E-state index >= 15 is 0 Å². The first-order valence-corrected chi connectivity index (χ1v) is 7.92. The number of nitrogens with one attached hydrogen (secondary N) is 1. The maximum atomic E-state index is 12.1. The molecule has 0 spiro atoms. The van der Waals surface area contributed by atoms with E-state index in [2.05, 4.69) is 5.32 Å². The lowest BCUT2D eigenvalue weighted by atomic mass is 10.3. The third-order valence-electron chi connectivity index (χ3n) is 2.55. The van der Waals surface area contributed by atoms with Crippen LogP contribution < -0.4 is 5.32 Å². The minimum Gasteiger partial charge on any atom is -0.468 e. The molecular weight excluding hydrogens is 312 g/mol. The fourth-order valence-electron chi connectivity index (χ4n) is 1.58. The van der Waals surface area contributed by atoms with Gasteiger partial charge in [0, 0.05) is 16.9 Å². The predicted octanol–water partition coefficient (Wildman–Crippen LogP) is 3.32. The Kier molecular flexibility index (Phi) is 4.68. The summed E-state index contributed by atoms with van der Waals surface area (Å²) in [5, 5.41) is 12.3. The second-order valence-corrected chi connectivity index (χ2v) is 6.51. The second kappa shape index (κ2) is 6.48. The van der Waals surface area contributed by atoms with Gasteiger partial charge in [0.1, 0.15) is 17.6 Å². The van der Waals surface area contributed by atoms with Crippen LogP contribution in [0.3, 0.4) is 0 Å². The van der Waals surface area contributed by atoms with Crippen molar-refractivity contribution < 1.29 is 12.8 Å². The fourth-order valence-corrected chi connectivity index (χ4v) is 2.84. The van der Waals surface area contributed by atoms with Gasteiger partial charge in [-0.25, -0.2) is 8.42 Å². The molecule has 1 aromatic heterocycles. The number of furan rings is 1. The summed E-state index contributed by atoms with van der Waals surface area (Å²) >= 11 is 5.82. The number of nitrogens with zero attached hydrogens (tertiary/aromatic N) is 1. The average Bonchev–Trinajstić information content (AvgIpc) is 2.91. The van der Waals surface area contributed by atoms with E-state index in [0.717, 1.165) is 6.20 Å². The summed E-state index contributed by atoms with van der Waals surface area (Å²) < 4.78 is 29.2. The Morgan fingerprint density at radius 1 is 1.38 bits per heavy atom. The first-order chi connectivity index (χ1) is 10.0. The smallest absolute Gasteiger partial charge is 0.197 e. The van der Waals surface area contributed by atoms with Gasteiger partial charge in [-0.05, 0) is 30.3 Å². The minimum absolute atomic E-state index is 0.277. The minimum atomic E-state index is -3.76. The maximum Gasteiger partial charge on any atom is 0.197 e. The average molecular weight is 323 g/mol. The fraction of sp³-hybridized carbons (Fsp3) is 0.0714. The van der Waals surface area contributed by atoms with Crippen molar-refractivity contribution in [2.24, 2.45) is 0 Å². The molecule has 0 radical (unpaired) electrons. The van der Waals surface area contributed by atoms with E-state index < -0.39 is 9.84 Å². The number of nitriles is 1. The Hall–Kier alpha value is -2.23. The van der Waals surface area contributed by atoms with E-state index in [1.165, 1.54) is 12.3 Å². The molecule has 2 aromatic rings. The molecule has 0 unspecified atom stereocenters. The van der Waals surface area contributed by atoms with E-state index in [0.29, 0.717) is 10.7 Å². The molecule has 0 saturated carbocycles. The summed E-state index contributed by atoms with van der Waals surface area (Å²) in [4.78, 5) is -0.376. The third kappa shape index (κ3) is 4.12. The highest BCUT2D eigenvalue weighted by Gasteiger charge is 2.20. The van der Waals surface area contributed by atoms with Crippen molar-refractivity contribution >= 4 is 27.1 Å². The van der Waals surface area contributed by atoms with Crippen LogP contribution >= 0.6 is 11.6 Å². The number of rotatable bonds is 5. The molecule has 7 heteroatoms. The number of anilines is 1. The highest BCUT2D eigenvalue weighted by Crippen LogP contribution is 2.17. The molecule has 0 fully saturated rings. The molecular formula is C14H11ClN2O3S. The zero-order valence-corrected chi connectivity index (χ0v) is 12.4. The highest BCUT2D eigenvalue weighted by molar-refractivity contribution is 7.94. The van der Waals surface area contributed by atoms with Crippen molar-refractivity contribution in [3.8, 4) is 6.07 Å². The molecule has 21 heavy (non-hydrogen) atoms. The Bertz CT molecular complexity index is 790.